The van der Waals surface area contributed by atoms with Crippen LogP contribution in [0.25, 0.3) is 0 Å². The third-order valence-electron chi connectivity index (χ3n) is 3.67. The second-order valence-electron chi connectivity index (χ2n) is 5.16. The fourth-order valence-electron chi connectivity index (χ4n) is 2.47. The number of aromatic nitrogens is 2. The highest BCUT2D eigenvalue weighted by Gasteiger charge is 2.29. The summed E-state index contributed by atoms with van der Waals surface area (Å²) >= 11 is 0. The quantitative estimate of drug-likeness (QED) is 0.767. The van der Waals surface area contributed by atoms with Crippen LogP contribution in [-0.2, 0) is 11.8 Å². The number of nitrogens with zero attached hydrogens (tertiary/aromatic N) is 4. The molecule has 7 nitrogen and oxygen atoms in total. The molecule has 0 aromatic carbocycles. The molecule has 1 N–H and O–H groups in total. The van der Waals surface area contributed by atoms with Crippen molar-refractivity contribution in [2.24, 2.45) is 13.0 Å². The van der Waals surface area contributed by atoms with Crippen molar-refractivity contribution in [2.75, 3.05) is 40.3 Å². The van der Waals surface area contributed by atoms with Crippen LogP contribution < -0.4 is 5.32 Å². The molecule has 0 bridgehead atoms. The molecule has 110 valence electrons. The summed E-state index contributed by atoms with van der Waals surface area (Å²) in [5.74, 6) is -0.305. The normalized spacial score (nSPS) is 20.6. The van der Waals surface area contributed by atoms with Crippen molar-refractivity contribution in [3.8, 4) is 0 Å². The van der Waals surface area contributed by atoms with Crippen molar-refractivity contribution >= 4 is 11.8 Å². The van der Waals surface area contributed by atoms with E-state index in [0.717, 1.165) is 6.54 Å². The van der Waals surface area contributed by atoms with E-state index in [1.807, 2.05) is 7.05 Å². The van der Waals surface area contributed by atoms with Crippen LogP contribution in [0.2, 0.25) is 0 Å². The molecule has 2 heterocycles. The van der Waals surface area contributed by atoms with Gasteiger partial charge in [0.2, 0.25) is 5.91 Å². The number of hydrogen-bond donors (Lipinski definition) is 1. The van der Waals surface area contributed by atoms with E-state index in [9.17, 15) is 9.59 Å². The van der Waals surface area contributed by atoms with Crippen molar-refractivity contribution in [3.63, 3.8) is 0 Å². The first kappa shape index (κ1) is 14.5. The van der Waals surface area contributed by atoms with Crippen molar-refractivity contribution in [1.82, 2.24) is 24.9 Å². The van der Waals surface area contributed by atoms with E-state index in [0.29, 0.717) is 25.3 Å². The van der Waals surface area contributed by atoms with E-state index in [2.05, 4.69) is 15.3 Å². The predicted molar refractivity (Wildman–Crippen MR) is 74.2 cm³/mol. The average Bonchev–Trinajstić information content (AvgIpc) is 2.76. The van der Waals surface area contributed by atoms with Gasteiger partial charge in [-0.15, -0.1) is 0 Å². The molecule has 1 atom stereocenters. The average molecular weight is 279 g/mol. The third kappa shape index (κ3) is 2.98. The van der Waals surface area contributed by atoms with Crippen LogP contribution in [0.5, 0.6) is 0 Å². The Bertz CT molecular complexity index is 499. The van der Waals surface area contributed by atoms with E-state index in [4.69, 9.17) is 0 Å². The lowest BCUT2D eigenvalue weighted by atomic mass is 10.1. The van der Waals surface area contributed by atoms with Crippen LogP contribution in [-0.4, -0.2) is 71.7 Å². The molecule has 2 rings (SSSR count). The van der Waals surface area contributed by atoms with Gasteiger partial charge in [-0.3, -0.25) is 14.3 Å². The molecule has 0 saturated carbocycles. The Labute approximate surface area is 118 Å². The summed E-state index contributed by atoms with van der Waals surface area (Å²) in [6, 6.07) is 1.70. The molecular formula is C13H21N5O2. The highest BCUT2D eigenvalue weighted by Crippen LogP contribution is 2.12. The zero-order chi connectivity index (χ0) is 14.7. The molecule has 1 aliphatic heterocycles. The summed E-state index contributed by atoms with van der Waals surface area (Å²) < 4.78 is 1.56. The van der Waals surface area contributed by atoms with Gasteiger partial charge in [0, 0.05) is 46.5 Å². The van der Waals surface area contributed by atoms with E-state index in [1.165, 1.54) is 0 Å². The van der Waals surface area contributed by atoms with Crippen LogP contribution in [0.3, 0.4) is 0 Å². The van der Waals surface area contributed by atoms with Crippen LogP contribution in [0.15, 0.2) is 12.3 Å². The number of likely N-dealkylation sites (N-methyl/N-ethyl adjacent to an activating group) is 1. The summed E-state index contributed by atoms with van der Waals surface area (Å²) in [5.41, 5.74) is 0.546. The standard InChI is InChI=1S/C13H21N5O2/c1-14-12(19)10-8-16(2)6-7-18(9-10)13(20)11-4-5-15-17(11)3/h4-5,10H,6-9H2,1-3H3,(H,14,19). The van der Waals surface area contributed by atoms with E-state index in [1.54, 1.807) is 35.9 Å². The molecule has 0 radical (unpaired) electrons. The van der Waals surface area contributed by atoms with Gasteiger partial charge < -0.3 is 15.1 Å². The molecule has 7 heteroatoms. The molecule has 1 unspecified atom stereocenters. The molecule has 1 fully saturated rings. The van der Waals surface area contributed by atoms with Crippen molar-refractivity contribution in [2.45, 2.75) is 0 Å². The number of nitrogens with one attached hydrogen (secondary N) is 1. The Morgan fingerprint density at radius 3 is 2.65 bits per heavy atom. The largest absolute Gasteiger partial charge is 0.359 e. The van der Waals surface area contributed by atoms with Crippen molar-refractivity contribution in [3.05, 3.63) is 18.0 Å². The Kier molecular flexibility index (Phi) is 4.39. The van der Waals surface area contributed by atoms with Gasteiger partial charge in [-0.1, -0.05) is 0 Å². The zero-order valence-electron chi connectivity index (χ0n) is 12.2. The predicted octanol–water partition coefficient (Wildman–Crippen LogP) is -0.830. The summed E-state index contributed by atoms with van der Waals surface area (Å²) in [7, 11) is 5.34. The highest BCUT2D eigenvalue weighted by molar-refractivity contribution is 5.93. The summed E-state index contributed by atoms with van der Waals surface area (Å²) in [6.07, 6.45) is 1.60. The van der Waals surface area contributed by atoms with Crippen molar-refractivity contribution in [1.29, 1.82) is 0 Å². The van der Waals surface area contributed by atoms with Gasteiger partial charge in [0.15, 0.2) is 0 Å². The number of carbonyl (C=O) groups excluding carboxylic acids is 2. The molecular weight excluding hydrogens is 258 g/mol. The third-order valence-corrected chi connectivity index (χ3v) is 3.67. The molecule has 1 aliphatic rings. The van der Waals surface area contributed by atoms with Gasteiger partial charge in [-0.2, -0.15) is 5.10 Å². The molecule has 20 heavy (non-hydrogen) atoms. The maximum atomic E-state index is 12.5. The zero-order valence-corrected chi connectivity index (χ0v) is 12.2. The second kappa shape index (κ2) is 6.04. The van der Waals surface area contributed by atoms with Gasteiger partial charge in [0.25, 0.3) is 5.91 Å². The SMILES string of the molecule is CNC(=O)C1CN(C)CCN(C(=O)c2ccnn2C)C1. The fourth-order valence-corrected chi connectivity index (χ4v) is 2.47. The van der Waals surface area contributed by atoms with E-state index >= 15 is 0 Å². The first-order valence-electron chi connectivity index (χ1n) is 6.70. The Morgan fingerprint density at radius 1 is 1.30 bits per heavy atom. The summed E-state index contributed by atoms with van der Waals surface area (Å²) in [6.45, 7) is 2.48. The molecule has 1 aromatic heterocycles. The van der Waals surface area contributed by atoms with Crippen molar-refractivity contribution < 1.29 is 9.59 Å². The first-order valence-corrected chi connectivity index (χ1v) is 6.70. The molecule has 1 aromatic rings. The Hall–Kier alpha value is -1.89. The lowest BCUT2D eigenvalue weighted by Gasteiger charge is -2.23. The number of hydrogen-bond acceptors (Lipinski definition) is 4. The molecule has 0 aliphatic carbocycles. The van der Waals surface area contributed by atoms with Gasteiger partial charge in [-0.05, 0) is 13.1 Å². The topological polar surface area (TPSA) is 70.5 Å². The maximum absolute atomic E-state index is 12.5. The fraction of sp³-hybridized carbons (Fsp3) is 0.615. The number of carbonyl (C=O) groups is 2. The number of rotatable bonds is 2. The van der Waals surface area contributed by atoms with Crippen LogP contribution in [0.4, 0.5) is 0 Å². The minimum Gasteiger partial charge on any atom is -0.359 e. The minimum atomic E-state index is -0.204. The van der Waals surface area contributed by atoms with Crippen LogP contribution in [0, 0.1) is 5.92 Å². The molecule has 1 saturated heterocycles. The van der Waals surface area contributed by atoms with Gasteiger partial charge in [0.05, 0.1) is 5.92 Å². The minimum absolute atomic E-state index is 0.0263. The van der Waals surface area contributed by atoms with Gasteiger partial charge in [-0.25, -0.2) is 0 Å². The number of amides is 2. The summed E-state index contributed by atoms with van der Waals surface area (Å²) in [5, 5.41) is 6.69. The highest BCUT2D eigenvalue weighted by atomic mass is 16.2. The smallest absolute Gasteiger partial charge is 0.272 e. The molecule has 2 amide bonds. The van der Waals surface area contributed by atoms with E-state index < -0.39 is 0 Å². The molecule has 0 spiro atoms. The lowest BCUT2D eigenvalue weighted by Crippen LogP contribution is -2.41. The van der Waals surface area contributed by atoms with E-state index in [-0.39, 0.29) is 17.7 Å². The second-order valence-corrected chi connectivity index (χ2v) is 5.16. The number of aryl methyl sites for hydroxylation is 1. The lowest BCUT2D eigenvalue weighted by molar-refractivity contribution is -0.125. The summed E-state index contributed by atoms with van der Waals surface area (Å²) in [4.78, 5) is 28.2. The Morgan fingerprint density at radius 2 is 2.05 bits per heavy atom. The maximum Gasteiger partial charge on any atom is 0.272 e. The van der Waals surface area contributed by atoms with Crippen LogP contribution in [0.1, 0.15) is 10.5 Å². The monoisotopic (exact) mass is 279 g/mol. The Balaban J connectivity index is 2.16. The van der Waals surface area contributed by atoms with Gasteiger partial charge in [0.1, 0.15) is 5.69 Å². The first-order chi connectivity index (χ1) is 9.52. The van der Waals surface area contributed by atoms with Crippen LogP contribution >= 0.6 is 0 Å². The van der Waals surface area contributed by atoms with Gasteiger partial charge >= 0.3 is 0 Å².